The SMILES string of the molecule is CN=C(NCCNc1ccccc1[N+](=O)[O-])N(C)Cc1csc(C)n1. The summed E-state index contributed by atoms with van der Waals surface area (Å²) in [7, 11) is 3.67. The monoisotopic (exact) mass is 362 g/mol. The second kappa shape index (κ2) is 8.97. The number of benzene rings is 1. The second-order valence-electron chi connectivity index (χ2n) is 5.39. The molecular weight excluding hydrogens is 340 g/mol. The van der Waals surface area contributed by atoms with Gasteiger partial charge in [-0.05, 0) is 13.0 Å². The van der Waals surface area contributed by atoms with E-state index in [9.17, 15) is 10.1 Å². The molecule has 2 rings (SSSR count). The van der Waals surface area contributed by atoms with Gasteiger partial charge in [0.05, 0.1) is 22.2 Å². The van der Waals surface area contributed by atoms with Crippen LogP contribution in [0.25, 0.3) is 0 Å². The molecule has 134 valence electrons. The zero-order chi connectivity index (χ0) is 18.2. The van der Waals surface area contributed by atoms with E-state index in [4.69, 9.17) is 0 Å². The van der Waals surface area contributed by atoms with Gasteiger partial charge in [0.2, 0.25) is 0 Å². The number of rotatable bonds is 7. The highest BCUT2D eigenvalue weighted by Crippen LogP contribution is 2.22. The fourth-order valence-corrected chi connectivity index (χ4v) is 2.94. The van der Waals surface area contributed by atoms with Crippen LogP contribution in [0.4, 0.5) is 11.4 Å². The van der Waals surface area contributed by atoms with Gasteiger partial charge in [0.1, 0.15) is 5.69 Å². The predicted molar refractivity (Wildman–Crippen MR) is 101 cm³/mol. The largest absolute Gasteiger partial charge is 0.378 e. The van der Waals surface area contributed by atoms with Crippen molar-refractivity contribution in [3.8, 4) is 0 Å². The first-order valence-electron chi connectivity index (χ1n) is 7.81. The van der Waals surface area contributed by atoms with Gasteiger partial charge in [0.25, 0.3) is 5.69 Å². The van der Waals surface area contributed by atoms with Gasteiger partial charge >= 0.3 is 0 Å². The molecule has 8 nitrogen and oxygen atoms in total. The van der Waals surface area contributed by atoms with Crippen LogP contribution in [0.1, 0.15) is 10.7 Å². The molecule has 2 aromatic rings. The van der Waals surface area contributed by atoms with Gasteiger partial charge in [0, 0.05) is 38.6 Å². The molecule has 25 heavy (non-hydrogen) atoms. The highest BCUT2D eigenvalue weighted by Gasteiger charge is 2.12. The normalized spacial score (nSPS) is 11.2. The van der Waals surface area contributed by atoms with Crippen molar-refractivity contribution in [2.75, 3.05) is 32.5 Å². The average Bonchev–Trinajstić information content (AvgIpc) is 2.99. The van der Waals surface area contributed by atoms with Crippen LogP contribution in [0, 0.1) is 17.0 Å². The Bertz CT molecular complexity index is 746. The zero-order valence-electron chi connectivity index (χ0n) is 14.5. The molecule has 0 spiro atoms. The minimum atomic E-state index is -0.391. The Kier molecular flexibility index (Phi) is 6.70. The maximum Gasteiger partial charge on any atom is 0.292 e. The molecule has 2 N–H and O–H groups in total. The minimum Gasteiger partial charge on any atom is -0.378 e. The van der Waals surface area contributed by atoms with Crippen LogP contribution >= 0.6 is 11.3 Å². The number of hydrogen-bond donors (Lipinski definition) is 2. The summed E-state index contributed by atoms with van der Waals surface area (Å²) in [5.41, 5.74) is 1.59. The number of guanidine groups is 1. The van der Waals surface area contributed by atoms with Crippen LogP contribution < -0.4 is 10.6 Å². The number of aryl methyl sites for hydroxylation is 1. The number of thiazole rings is 1. The molecule has 1 aromatic heterocycles. The van der Waals surface area contributed by atoms with Crippen LogP contribution in [-0.2, 0) is 6.54 Å². The molecule has 0 unspecified atom stereocenters. The Labute approximate surface area is 150 Å². The van der Waals surface area contributed by atoms with Crippen molar-refractivity contribution in [1.82, 2.24) is 15.2 Å². The van der Waals surface area contributed by atoms with Crippen LogP contribution in [0.15, 0.2) is 34.6 Å². The first-order chi connectivity index (χ1) is 12.0. The van der Waals surface area contributed by atoms with E-state index < -0.39 is 4.92 Å². The Hall–Kier alpha value is -2.68. The van der Waals surface area contributed by atoms with Crippen LogP contribution in [0.5, 0.6) is 0 Å². The molecule has 0 aliphatic carbocycles. The van der Waals surface area contributed by atoms with E-state index >= 15 is 0 Å². The van der Waals surface area contributed by atoms with Crippen LogP contribution in [-0.4, -0.2) is 48.0 Å². The third-order valence-corrected chi connectivity index (χ3v) is 4.29. The van der Waals surface area contributed by atoms with Crippen molar-refractivity contribution in [1.29, 1.82) is 0 Å². The van der Waals surface area contributed by atoms with Gasteiger partial charge in [-0.15, -0.1) is 11.3 Å². The Morgan fingerprint density at radius 1 is 1.40 bits per heavy atom. The Morgan fingerprint density at radius 2 is 2.16 bits per heavy atom. The standard InChI is InChI=1S/C16H22N6O2S/c1-12-20-13(11-25-12)10-21(3)16(17-2)19-9-8-18-14-6-4-5-7-15(14)22(23)24/h4-7,11,18H,8-10H2,1-3H3,(H,17,19). The number of nitro groups is 1. The van der Waals surface area contributed by atoms with E-state index in [1.54, 1.807) is 36.6 Å². The summed E-state index contributed by atoms with van der Waals surface area (Å²) >= 11 is 1.63. The highest BCUT2D eigenvalue weighted by atomic mass is 32.1. The third kappa shape index (κ3) is 5.42. The second-order valence-corrected chi connectivity index (χ2v) is 6.45. The minimum absolute atomic E-state index is 0.0721. The number of aromatic nitrogens is 1. The number of aliphatic imine (C=N–C) groups is 1. The van der Waals surface area contributed by atoms with E-state index in [1.165, 1.54) is 6.07 Å². The first-order valence-corrected chi connectivity index (χ1v) is 8.69. The summed E-state index contributed by atoms with van der Waals surface area (Å²) in [5.74, 6) is 0.745. The maximum absolute atomic E-state index is 11.0. The van der Waals surface area contributed by atoms with E-state index in [0.29, 0.717) is 25.3 Å². The van der Waals surface area contributed by atoms with Gasteiger partial charge in [0.15, 0.2) is 5.96 Å². The van der Waals surface area contributed by atoms with Gasteiger partial charge < -0.3 is 15.5 Å². The van der Waals surface area contributed by atoms with Crippen molar-refractivity contribution < 1.29 is 4.92 Å². The molecule has 1 heterocycles. The number of anilines is 1. The van der Waals surface area contributed by atoms with Gasteiger partial charge in [-0.1, -0.05) is 12.1 Å². The van der Waals surface area contributed by atoms with Crippen molar-refractivity contribution in [3.05, 3.63) is 50.5 Å². The Balaban J connectivity index is 1.82. The predicted octanol–water partition coefficient (Wildman–Crippen LogP) is 2.48. The molecular formula is C16H22N6O2S. The molecule has 0 bridgehead atoms. The van der Waals surface area contributed by atoms with Crippen molar-refractivity contribution in [2.45, 2.75) is 13.5 Å². The topological polar surface area (TPSA) is 95.7 Å². The summed E-state index contributed by atoms with van der Waals surface area (Å²) < 4.78 is 0. The Morgan fingerprint density at radius 3 is 2.80 bits per heavy atom. The highest BCUT2D eigenvalue weighted by molar-refractivity contribution is 7.09. The molecule has 0 aliphatic rings. The molecule has 9 heteroatoms. The first kappa shape index (κ1) is 18.7. The number of nitro benzene ring substituents is 1. The molecule has 1 aromatic carbocycles. The van der Waals surface area contributed by atoms with Crippen LogP contribution in [0.3, 0.4) is 0 Å². The van der Waals surface area contributed by atoms with E-state index in [2.05, 4.69) is 20.6 Å². The van der Waals surface area contributed by atoms with Crippen LogP contribution in [0.2, 0.25) is 0 Å². The summed E-state index contributed by atoms with van der Waals surface area (Å²) in [6.07, 6.45) is 0. The fourth-order valence-electron chi connectivity index (χ4n) is 2.34. The van der Waals surface area contributed by atoms with Crippen molar-refractivity contribution in [3.63, 3.8) is 0 Å². The summed E-state index contributed by atoms with van der Waals surface area (Å²) in [5, 5.41) is 20.4. The number of hydrogen-bond acceptors (Lipinski definition) is 6. The maximum atomic E-state index is 11.0. The van der Waals surface area contributed by atoms with Gasteiger partial charge in [-0.3, -0.25) is 15.1 Å². The molecule has 0 fully saturated rings. The fraction of sp³-hybridized carbons (Fsp3) is 0.375. The molecule has 0 aliphatic heterocycles. The average molecular weight is 362 g/mol. The lowest BCUT2D eigenvalue weighted by Crippen LogP contribution is -2.40. The number of nitrogens with zero attached hydrogens (tertiary/aromatic N) is 4. The lowest BCUT2D eigenvalue weighted by molar-refractivity contribution is -0.384. The third-order valence-electron chi connectivity index (χ3n) is 3.46. The van der Waals surface area contributed by atoms with Crippen molar-refractivity contribution >= 4 is 28.7 Å². The summed E-state index contributed by atoms with van der Waals surface area (Å²) in [4.78, 5) is 21.3. The summed E-state index contributed by atoms with van der Waals surface area (Å²) in [6, 6.07) is 6.60. The number of nitrogens with one attached hydrogen (secondary N) is 2. The number of para-hydroxylation sites is 2. The van der Waals surface area contributed by atoms with Crippen molar-refractivity contribution in [2.24, 2.45) is 4.99 Å². The quantitative estimate of drug-likeness (QED) is 0.258. The van der Waals surface area contributed by atoms with Gasteiger partial charge in [-0.25, -0.2) is 4.98 Å². The summed E-state index contributed by atoms with van der Waals surface area (Å²) in [6.45, 7) is 3.77. The van der Waals surface area contributed by atoms with E-state index in [1.807, 2.05) is 24.3 Å². The van der Waals surface area contributed by atoms with E-state index in [0.717, 1.165) is 16.7 Å². The molecule has 0 saturated heterocycles. The zero-order valence-corrected chi connectivity index (χ0v) is 15.3. The lowest BCUT2D eigenvalue weighted by Gasteiger charge is -2.21. The molecule has 0 amide bonds. The lowest BCUT2D eigenvalue weighted by atomic mass is 10.2. The van der Waals surface area contributed by atoms with Gasteiger partial charge in [-0.2, -0.15) is 0 Å². The molecule has 0 atom stereocenters. The van der Waals surface area contributed by atoms with E-state index in [-0.39, 0.29) is 5.69 Å². The molecule has 0 radical (unpaired) electrons. The molecule has 0 saturated carbocycles. The smallest absolute Gasteiger partial charge is 0.292 e.